The molecule has 0 amide bonds. The third-order valence-electron chi connectivity index (χ3n) is 3.02. The summed E-state index contributed by atoms with van der Waals surface area (Å²) in [5, 5.41) is 5.16. The number of hydrogen-bond acceptors (Lipinski definition) is 0. The van der Waals surface area contributed by atoms with Crippen LogP contribution in [0, 0.1) is 0 Å². The van der Waals surface area contributed by atoms with E-state index < -0.39 is 0 Å². The second-order valence-corrected chi connectivity index (χ2v) is 3.94. The van der Waals surface area contributed by atoms with Gasteiger partial charge in [-0.05, 0) is 33.2 Å². The summed E-state index contributed by atoms with van der Waals surface area (Å²) in [4.78, 5) is 0. The fourth-order valence-corrected chi connectivity index (χ4v) is 2.25. The number of fused-ring (bicyclic) bond motifs is 3. The van der Waals surface area contributed by atoms with Crippen LogP contribution in [-0.2, 0) is 0 Å². The summed E-state index contributed by atoms with van der Waals surface area (Å²) in [6.45, 7) is 3.89. The van der Waals surface area contributed by atoms with Gasteiger partial charge in [0.25, 0.3) is 0 Å². The average Bonchev–Trinajstić information content (AvgIpc) is 2.38. The Bertz CT molecular complexity index is 678. The Morgan fingerprint density at radius 3 is 2.12 bits per heavy atom. The summed E-state index contributed by atoms with van der Waals surface area (Å²) in [5.41, 5.74) is 1.20. The van der Waals surface area contributed by atoms with Gasteiger partial charge < -0.3 is 0 Å². The first-order valence-corrected chi connectivity index (χ1v) is 5.43. The molecule has 0 aromatic heterocycles. The van der Waals surface area contributed by atoms with Gasteiger partial charge in [-0.15, -0.1) is 0 Å². The first kappa shape index (κ1) is 9.17. The lowest BCUT2D eigenvalue weighted by Gasteiger charge is -2.07. The molecule has 0 saturated heterocycles. The van der Waals surface area contributed by atoms with Crippen molar-refractivity contribution >= 4 is 27.6 Å². The van der Waals surface area contributed by atoms with Crippen LogP contribution in [0.1, 0.15) is 5.56 Å². The Hall–Kier alpha value is -2.08. The SMILES string of the molecule is C=Cc1cc2ccccc2c2ccccc12. The van der Waals surface area contributed by atoms with E-state index in [4.69, 9.17) is 0 Å². The van der Waals surface area contributed by atoms with Crippen LogP contribution >= 0.6 is 0 Å². The lowest BCUT2D eigenvalue weighted by Crippen LogP contribution is -1.81. The molecule has 0 saturated carbocycles. The third kappa shape index (κ3) is 1.24. The van der Waals surface area contributed by atoms with Crippen LogP contribution in [0.4, 0.5) is 0 Å². The van der Waals surface area contributed by atoms with Gasteiger partial charge in [0.1, 0.15) is 0 Å². The molecule has 0 fully saturated rings. The Balaban J connectivity index is 2.62. The Morgan fingerprint density at radius 2 is 1.38 bits per heavy atom. The van der Waals surface area contributed by atoms with Crippen LogP contribution in [-0.4, -0.2) is 0 Å². The van der Waals surface area contributed by atoms with Crippen molar-refractivity contribution in [3.8, 4) is 0 Å². The first-order chi connectivity index (χ1) is 7.90. The molecule has 0 radical (unpaired) electrons. The molecule has 0 spiro atoms. The third-order valence-corrected chi connectivity index (χ3v) is 3.02. The summed E-state index contributed by atoms with van der Waals surface area (Å²) >= 11 is 0. The minimum atomic E-state index is 1.20. The Morgan fingerprint density at radius 1 is 0.750 bits per heavy atom. The lowest BCUT2D eigenvalue weighted by molar-refractivity contribution is 1.74. The molecule has 0 heterocycles. The molecule has 0 nitrogen and oxygen atoms in total. The van der Waals surface area contributed by atoms with Crippen molar-refractivity contribution in [2.45, 2.75) is 0 Å². The maximum Gasteiger partial charge on any atom is -0.00994 e. The predicted molar refractivity (Wildman–Crippen MR) is 71.5 cm³/mol. The highest BCUT2D eigenvalue weighted by Gasteiger charge is 2.02. The minimum Gasteiger partial charge on any atom is -0.0984 e. The van der Waals surface area contributed by atoms with Crippen molar-refractivity contribution in [1.29, 1.82) is 0 Å². The molecule has 3 rings (SSSR count). The monoisotopic (exact) mass is 204 g/mol. The van der Waals surface area contributed by atoms with Crippen molar-refractivity contribution in [2.24, 2.45) is 0 Å². The molecular weight excluding hydrogens is 192 g/mol. The van der Waals surface area contributed by atoms with E-state index in [-0.39, 0.29) is 0 Å². The van der Waals surface area contributed by atoms with E-state index in [0.717, 1.165) is 0 Å². The Kier molecular flexibility index (Phi) is 2.00. The molecule has 0 bridgehead atoms. The van der Waals surface area contributed by atoms with E-state index in [0.29, 0.717) is 0 Å². The topological polar surface area (TPSA) is 0 Å². The van der Waals surface area contributed by atoms with Crippen LogP contribution in [0.2, 0.25) is 0 Å². The summed E-state index contributed by atoms with van der Waals surface area (Å²) in [5.74, 6) is 0. The minimum absolute atomic E-state index is 1.20. The van der Waals surface area contributed by atoms with Gasteiger partial charge in [-0.3, -0.25) is 0 Å². The molecule has 0 aliphatic heterocycles. The molecule has 3 aromatic carbocycles. The van der Waals surface area contributed by atoms with Gasteiger partial charge in [-0.1, -0.05) is 61.2 Å². The average molecular weight is 204 g/mol. The van der Waals surface area contributed by atoms with Gasteiger partial charge in [0.05, 0.1) is 0 Å². The van der Waals surface area contributed by atoms with E-state index in [9.17, 15) is 0 Å². The maximum absolute atomic E-state index is 3.89. The van der Waals surface area contributed by atoms with Gasteiger partial charge in [-0.2, -0.15) is 0 Å². The zero-order valence-corrected chi connectivity index (χ0v) is 8.98. The normalized spacial score (nSPS) is 10.8. The summed E-state index contributed by atoms with van der Waals surface area (Å²) < 4.78 is 0. The van der Waals surface area contributed by atoms with Crippen molar-refractivity contribution in [3.63, 3.8) is 0 Å². The van der Waals surface area contributed by atoms with Crippen LogP contribution < -0.4 is 0 Å². The van der Waals surface area contributed by atoms with Crippen molar-refractivity contribution < 1.29 is 0 Å². The fourth-order valence-electron chi connectivity index (χ4n) is 2.25. The zero-order chi connectivity index (χ0) is 11.0. The van der Waals surface area contributed by atoms with E-state index >= 15 is 0 Å². The highest BCUT2D eigenvalue weighted by atomic mass is 14.1. The molecule has 0 heteroatoms. The molecule has 3 aromatic rings. The molecule has 16 heavy (non-hydrogen) atoms. The lowest BCUT2D eigenvalue weighted by atomic mass is 9.97. The van der Waals surface area contributed by atoms with Crippen molar-refractivity contribution in [2.75, 3.05) is 0 Å². The van der Waals surface area contributed by atoms with Gasteiger partial charge in [0.15, 0.2) is 0 Å². The molecular formula is C16H12. The molecule has 0 N–H and O–H groups in total. The number of rotatable bonds is 1. The van der Waals surface area contributed by atoms with Gasteiger partial charge in [0.2, 0.25) is 0 Å². The molecule has 0 aliphatic carbocycles. The Labute approximate surface area is 94.8 Å². The zero-order valence-electron chi connectivity index (χ0n) is 8.98. The summed E-state index contributed by atoms with van der Waals surface area (Å²) in [6, 6.07) is 19.2. The summed E-state index contributed by atoms with van der Waals surface area (Å²) in [6.07, 6.45) is 1.93. The maximum atomic E-state index is 3.89. The van der Waals surface area contributed by atoms with Gasteiger partial charge >= 0.3 is 0 Å². The van der Waals surface area contributed by atoms with Crippen molar-refractivity contribution in [3.05, 3.63) is 66.7 Å². The number of hydrogen-bond donors (Lipinski definition) is 0. The van der Waals surface area contributed by atoms with Crippen LogP contribution in [0.15, 0.2) is 61.2 Å². The van der Waals surface area contributed by atoms with E-state index in [1.807, 2.05) is 6.08 Å². The van der Waals surface area contributed by atoms with Crippen LogP contribution in [0.5, 0.6) is 0 Å². The number of benzene rings is 3. The molecule has 0 unspecified atom stereocenters. The van der Waals surface area contributed by atoms with E-state index in [1.165, 1.54) is 27.1 Å². The van der Waals surface area contributed by atoms with E-state index in [1.54, 1.807) is 0 Å². The second kappa shape index (κ2) is 3.49. The van der Waals surface area contributed by atoms with Crippen molar-refractivity contribution in [1.82, 2.24) is 0 Å². The van der Waals surface area contributed by atoms with Gasteiger partial charge in [-0.25, -0.2) is 0 Å². The largest absolute Gasteiger partial charge is 0.0984 e. The fraction of sp³-hybridized carbons (Fsp3) is 0. The van der Waals surface area contributed by atoms with Crippen LogP contribution in [0.3, 0.4) is 0 Å². The highest BCUT2D eigenvalue weighted by Crippen LogP contribution is 2.28. The van der Waals surface area contributed by atoms with Gasteiger partial charge in [0, 0.05) is 0 Å². The highest BCUT2D eigenvalue weighted by molar-refractivity contribution is 6.10. The second-order valence-electron chi connectivity index (χ2n) is 3.94. The standard InChI is InChI=1S/C16H12/c1-2-12-11-13-7-3-4-9-15(13)16-10-6-5-8-14(12)16/h2-11H,1H2. The first-order valence-electron chi connectivity index (χ1n) is 5.43. The van der Waals surface area contributed by atoms with E-state index in [2.05, 4.69) is 61.2 Å². The molecule has 0 atom stereocenters. The summed E-state index contributed by atoms with van der Waals surface area (Å²) in [7, 11) is 0. The molecule has 76 valence electrons. The predicted octanol–water partition coefficient (Wildman–Crippen LogP) is 4.64. The van der Waals surface area contributed by atoms with Crippen LogP contribution in [0.25, 0.3) is 27.6 Å². The quantitative estimate of drug-likeness (QED) is 0.507. The molecule has 0 aliphatic rings. The smallest absolute Gasteiger partial charge is 0.00994 e.